The van der Waals surface area contributed by atoms with Gasteiger partial charge in [-0.3, -0.25) is 9.88 Å². The molecule has 0 unspecified atom stereocenters. The highest BCUT2D eigenvalue weighted by atomic mass is 19.4. The zero-order valence-electron chi connectivity index (χ0n) is 19.3. The van der Waals surface area contributed by atoms with Crippen LogP contribution in [0.25, 0.3) is 0 Å². The Hall–Kier alpha value is -3.27. The second-order valence-electron chi connectivity index (χ2n) is 8.48. The van der Waals surface area contributed by atoms with E-state index in [9.17, 15) is 40.6 Å². The fourth-order valence-electron chi connectivity index (χ4n) is 4.13. The number of morpholine rings is 1. The molecule has 0 radical (unpaired) electrons. The molecular formula is C23H21F7N4O4. The van der Waals surface area contributed by atoms with E-state index in [1.807, 2.05) is 0 Å². The summed E-state index contributed by atoms with van der Waals surface area (Å²) in [6.07, 6.45) is -13.1. The molecule has 0 aliphatic carbocycles. The van der Waals surface area contributed by atoms with Crippen LogP contribution in [0.2, 0.25) is 0 Å². The molecule has 2 heterocycles. The number of benzene rings is 2. The van der Waals surface area contributed by atoms with Gasteiger partial charge in [-0.2, -0.15) is 31.4 Å². The van der Waals surface area contributed by atoms with Crippen molar-refractivity contribution in [3.05, 3.63) is 86.8 Å². The van der Waals surface area contributed by atoms with Gasteiger partial charge in [-0.05, 0) is 41.5 Å². The normalized spacial score (nSPS) is 20.0. The summed E-state index contributed by atoms with van der Waals surface area (Å²) in [4.78, 5) is 15.6. The fourth-order valence-corrected chi connectivity index (χ4v) is 4.13. The summed E-state index contributed by atoms with van der Waals surface area (Å²) in [6.45, 7) is -0.662. The Labute approximate surface area is 210 Å². The second-order valence-corrected chi connectivity index (χ2v) is 8.48. The first kappa shape index (κ1) is 27.8. The summed E-state index contributed by atoms with van der Waals surface area (Å²) in [5.41, 5.74) is -3.82. The predicted molar refractivity (Wildman–Crippen MR) is 116 cm³/mol. The third-order valence-electron chi connectivity index (χ3n) is 5.87. The van der Waals surface area contributed by atoms with Gasteiger partial charge < -0.3 is 14.6 Å². The molecule has 3 atom stereocenters. The van der Waals surface area contributed by atoms with Gasteiger partial charge in [0.1, 0.15) is 17.7 Å². The molecule has 2 aromatic carbocycles. The van der Waals surface area contributed by atoms with Crippen molar-refractivity contribution in [1.29, 1.82) is 0 Å². The number of nitrogens with one attached hydrogen (secondary N) is 2. The molecule has 0 amide bonds. The van der Waals surface area contributed by atoms with Crippen molar-refractivity contribution in [2.75, 3.05) is 19.8 Å². The van der Waals surface area contributed by atoms with E-state index in [1.54, 1.807) is 4.90 Å². The number of aromatic amines is 2. The molecule has 206 valence electrons. The first-order chi connectivity index (χ1) is 17.8. The summed E-state index contributed by atoms with van der Waals surface area (Å²) in [5, 5.41) is 16.0. The first-order valence-electron chi connectivity index (χ1n) is 11.2. The van der Waals surface area contributed by atoms with Crippen molar-refractivity contribution in [1.82, 2.24) is 20.1 Å². The number of alkyl halides is 6. The number of aromatic nitrogens is 3. The van der Waals surface area contributed by atoms with Crippen molar-refractivity contribution in [2.45, 2.75) is 37.3 Å². The lowest BCUT2D eigenvalue weighted by molar-refractivity contribution is -0.238. The zero-order chi connectivity index (χ0) is 27.7. The summed E-state index contributed by atoms with van der Waals surface area (Å²) >= 11 is 0. The van der Waals surface area contributed by atoms with Crippen LogP contribution >= 0.6 is 0 Å². The largest absolute Gasteiger partial charge is 0.416 e. The highest BCUT2D eigenvalue weighted by molar-refractivity contribution is 5.35. The van der Waals surface area contributed by atoms with Gasteiger partial charge in [0.15, 0.2) is 6.29 Å². The van der Waals surface area contributed by atoms with E-state index in [0.717, 1.165) is 12.1 Å². The predicted octanol–water partition coefficient (Wildman–Crippen LogP) is 3.92. The van der Waals surface area contributed by atoms with Crippen molar-refractivity contribution in [3.63, 3.8) is 0 Å². The van der Waals surface area contributed by atoms with Crippen molar-refractivity contribution in [3.8, 4) is 0 Å². The fraction of sp³-hybridized carbons (Fsp3) is 0.391. The van der Waals surface area contributed by atoms with E-state index in [-0.39, 0.29) is 31.6 Å². The number of nitrogens with zero attached hydrogens (tertiary/aromatic N) is 2. The smallest absolute Gasteiger partial charge is 0.393 e. The van der Waals surface area contributed by atoms with Gasteiger partial charge in [-0.25, -0.2) is 14.3 Å². The van der Waals surface area contributed by atoms with Gasteiger partial charge in [-0.15, -0.1) is 0 Å². The molecule has 1 aromatic heterocycles. The Morgan fingerprint density at radius 1 is 1.08 bits per heavy atom. The number of hydrogen-bond acceptors (Lipinski definition) is 6. The average Bonchev–Trinajstić information content (AvgIpc) is 3.26. The first-order valence-corrected chi connectivity index (χ1v) is 11.2. The molecule has 3 N–H and O–H groups in total. The number of ether oxygens (including phenoxy) is 2. The molecule has 38 heavy (non-hydrogen) atoms. The van der Waals surface area contributed by atoms with Crippen LogP contribution in [0.3, 0.4) is 0 Å². The van der Waals surface area contributed by atoms with Crippen LogP contribution in [0.1, 0.15) is 40.2 Å². The zero-order valence-corrected chi connectivity index (χ0v) is 19.3. The number of aliphatic hydroxyl groups excluding tert-OH is 1. The molecule has 0 bridgehead atoms. The molecule has 1 aliphatic rings. The second kappa shape index (κ2) is 10.8. The molecule has 15 heteroatoms. The van der Waals surface area contributed by atoms with Gasteiger partial charge >= 0.3 is 18.0 Å². The Kier molecular flexibility index (Phi) is 7.92. The van der Waals surface area contributed by atoms with Crippen molar-refractivity contribution < 1.29 is 45.3 Å². The van der Waals surface area contributed by atoms with Crippen LogP contribution in [-0.4, -0.2) is 51.2 Å². The van der Waals surface area contributed by atoms with Crippen LogP contribution < -0.4 is 5.69 Å². The van der Waals surface area contributed by atoms with E-state index in [1.165, 1.54) is 12.1 Å². The molecule has 0 spiro atoms. The molecule has 1 aliphatic heterocycles. The van der Waals surface area contributed by atoms with E-state index in [0.29, 0.717) is 17.7 Å². The maximum atomic E-state index is 13.6. The number of H-pyrrole nitrogens is 2. The van der Waals surface area contributed by atoms with Gasteiger partial charge in [0, 0.05) is 6.54 Å². The lowest BCUT2D eigenvalue weighted by atomic mass is 10.00. The van der Waals surface area contributed by atoms with Crippen LogP contribution in [-0.2, 0) is 28.4 Å². The Balaban J connectivity index is 1.70. The number of hydrogen-bond donors (Lipinski definition) is 3. The Bertz CT molecular complexity index is 1260. The molecule has 1 fully saturated rings. The number of rotatable bonds is 7. The topological polar surface area (TPSA) is 103 Å². The standard InChI is InChI=1S/C23H21F7N4O4/c24-16-3-1-12(2-4-16)19-20(37-6-5-34(19)10-18-31-21(36)33-32-18)38-17(11-35)13-7-14(22(25,26)27)9-15(8-13)23(28,29)30/h1-4,7-9,17,19-20,35H,5-6,10-11H2,(H2,31,32,33,36)/t17-,19-,20+/m0/s1. The van der Waals surface area contributed by atoms with Crippen LogP contribution in [0, 0.1) is 5.82 Å². The summed E-state index contributed by atoms with van der Waals surface area (Å²) in [5.74, 6) is -0.322. The Morgan fingerprint density at radius 3 is 2.24 bits per heavy atom. The highest BCUT2D eigenvalue weighted by Gasteiger charge is 2.40. The van der Waals surface area contributed by atoms with Crippen molar-refractivity contribution >= 4 is 0 Å². The SMILES string of the molecule is O=c1[nH]nc(CN2CCO[C@H](O[C@@H](CO)c3cc(C(F)(F)F)cc(C(F)(F)F)c3)[C@@H]2c2ccc(F)cc2)[nH]1. The minimum absolute atomic E-state index is 0.0194. The maximum Gasteiger partial charge on any atom is 0.416 e. The highest BCUT2D eigenvalue weighted by Crippen LogP contribution is 2.39. The van der Waals surface area contributed by atoms with Gasteiger partial charge in [0.2, 0.25) is 0 Å². The lowest BCUT2D eigenvalue weighted by Crippen LogP contribution is -2.46. The van der Waals surface area contributed by atoms with E-state index < -0.39 is 65.6 Å². The maximum absolute atomic E-state index is 13.6. The minimum Gasteiger partial charge on any atom is -0.393 e. The third-order valence-corrected chi connectivity index (χ3v) is 5.87. The number of halogens is 7. The van der Waals surface area contributed by atoms with Crippen molar-refractivity contribution in [2.24, 2.45) is 0 Å². The summed E-state index contributed by atoms with van der Waals surface area (Å²) < 4.78 is 105. The van der Waals surface area contributed by atoms with E-state index in [4.69, 9.17) is 9.47 Å². The monoisotopic (exact) mass is 550 g/mol. The lowest BCUT2D eigenvalue weighted by Gasteiger charge is -2.41. The average molecular weight is 550 g/mol. The molecule has 0 saturated carbocycles. The number of aliphatic hydroxyl groups is 1. The van der Waals surface area contributed by atoms with E-state index >= 15 is 0 Å². The van der Waals surface area contributed by atoms with E-state index in [2.05, 4.69) is 15.2 Å². The molecular weight excluding hydrogens is 529 g/mol. The molecule has 1 saturated heterocycles. The van der Waals surface area contributed by atoms with Gasteiger partial charge in [0.05, 0.1) is 36.9 Å². The van der Waals surface area contributed by atoms with Crippen LogP contribution in [0.4, 0.5) is 30.7 Å². The van der Waals surface area contributed by atoms with Crippen LogP contribution in [0.15, 0.2) is 47.3 Å². The molecule has 8 nitrogen and oxygen atoms in total. The summed E-state index contributed by atoms with van der Waals surface area (Å²) in [7, 11) is 0. The molecule has 3 aromatic rings. The minimum atomic E-state index is -5.09. The quantitative estimate of drug-likeness (QED) is 0.386. The Morgan fingerprint density at radius 2 is 1.71 bits per heavy atom. The van der Waals surface area contributed by atoms with Gasteiger partial charge in [-0.1, -0.05) is 12.1 Å². The molecule has 4 rings (SSSR count). The van der Waals surface area contributed by atoms with Crippen LogP contribution in [0.5, 0.6) is 0 Å². The summed E-state index contributed by atoms with van der Waals surface area (Å²) in [6, 6.07) is 5.17. The third kappa shape index (κ3) is 6.40. The van der Waals surface area contributed by atoms with Gasteiger partial charge in [0.25, 0.3) is 0 Å².